The van der Waals surface area contributed by atoms with E-state index in [9.17, 15) is 8.42 Å². The Morgan fingerprint density at radius 1 is 1.47 bits per heavy atom. The van der Waals surface area contributed by atoms with E-state index >= 15 is 0 Å². The number of rotatable bonds is 5. The molecule has 0 radical (unpaired) electrons. The summed E-state index contributed by atoms with van der Waals surface area (Å²) >= 11 is 0. The summed E-state index contributed by atoms with van der Waals surface area (Å²) in [6.45, 7) is 0.471. The van der Waals surface area contributed by atoms with E-state index in [1.165, 1.54) is 24.8 Å². The van der Waals surface area contributed by atoms with Crippen molar-refractivity contribution in [3.63, 3.8) is 0 Å². The fourth-order valence-electron chi connectivity index (χ4n) is 1.35. The number of sulfonamides is 1. The molecule has 2 aromatic heterocycles. The van der Waals surface area contributed by atoms with Crippen molar-refractivity contribution in [1.29, 1.82) is 0 Å². The first-order valence-corrected chi connectivity index (χ1v) is 6.48. The fourth-order valence-corrected chi connectivity index (χ4v) is 2.38. The highest BCUT2D eigenvalue weighted by Crippen LogP contribution is 2.11. The second kappa shape index (κ2) is 4.74. The van der Waals surface area contributed by atoms with Crippen LogP contribution in [0, 0.1) is 0 Å². The Kier molecular flexibility index (Phi) is 3.32. The van der Waals surface area contributed by atoms with Crippen LogP contribution >= 0.6 is 0 Å². The molecule has 17 heavy (non-hydrogen) atoms. The molecule has 0 aliphatic rings. The first kappa shape index (κ1) is 11.9. The van der Waals surface area contributed by atoms with Crippen molar-refractivity contribution in [3.05, 3.63) is 42.1 Å². The number of hydrogen-bond donors (Lipinski definition) is 3. The van der Waals surface area contributed by atoms with Crippen molar-refractivity contribution in [1.82, 2.24) is 9.71 Å². The molecule has 0 fully saturated rings. The van der Waals surface area contributed by atoms with Crippen molar-refractivity contribution < 1.29 is 12.8 Å². The van der Waals surface area contributed by atoms with Crippen LogP contribution in [-0.2, 0) is 23.1 Å². The molecular formula is C10H13N3O3S. The molecule has 2 heterocycles. The van der Waals surface area contributed by atoms with Crippen LogP contribution < -0.4 is 10.5 Å². The van der Waals surface area contributed by atoms with E-state index in [2.05, 4.69) is 9.71 Å². The van der Waals surface area contributed by atoms with Crippen LogP contribution in [0.5, 0.6) is 0 Å². The van der Waals surface area contributed by atoms with Crippen LogP contribution in [0.15, 0.2) is 40.2 Å². The maximum Gasteiger partial charge on any atom is 0.242 e. The molecule has 7 heteroatoms. The molecule has 0 saturated carbocycles. The molecule has 2 rings (SSSR count). The number of furan rings is 1. The van der Waals surface area contributed by atoms with Crippen LogP contribution in [0.1, 0.15) is 11.3 Å². The molecule has 0 atom stereocenters. The van der Waals surface area contributed by atoms with Gasteiger partial charge in [-0.3, -0.25) is 0 Å². The van der Waals surface area contributed by atoms with E-state index in [0.717, 1.165) is 5.56 Å². The second-order valence-electron chi connectivity index (χ2n) is 3.52. The Hall–Kier alpha value is -1.57. The molecule has 2 aromatic rings. The quantitative estimate of drug-likeness (QED) is 0.726. The molecule has 0 amide bonds. The summed E-state index contributed by atoms with van der Waals surface area (Å²) in [5.74, 6) is 0. The number of aromatic amines is 1. The van der Waals surface area contributed by atoms with E-state index in [-0.39, 0.29) is 18.0 Å². The zero-order valence-corrected chi connectivity index (χ0v) is 9.83. The van der Waals surface area contributed by atoms with E-state index in [1.54, 1.807) is 6.07 Å². The summed E-state index contributed by atoms with van der Waals surface area (Å²) in [7, 11) is -3.50. The molecule has 4 N–H and O–H groups in total. The SMILES string of the molecule is NCc1cc(S(=O)(=O)NCc2ccoc2)c[nH]1. The normalized spacial score (nSPS) is 11.8. The van der Waals surface area contributed by atoms with Crippen molar-refractivity contribution in [2.45, 2.75) is 18.0 Å². The van der Waals surface area contributed by atoms with E-state index in [1.807, 2.05) is 0 Å². The second-order valence-corrected chi connectivity index (χ2v) is 5.29. The Balaban J connectivity index is 2.08. The number of nitrogens with one attached hydrogen (secondary N) is 2. The standard InChI is InChI=1S/C10H13N3O3S/c11-4-9-3-10(6-12-9)17(14,15)13-5-8-1-2-16-7-8/h1-3,6-7,12-13H,4-5,11H2. The Morgan fingerprint density at radius 2 is 2.29 bits per heavy atom. The zero-order chi connectivity index (χ0) is 12.3. The minimum atomic E-state index is -3.50. The molecule has 92 valence electrons. The largest absolute Gasteiger partial charge is 0.472 e. The van der Waals surface area contributed by atoms with Gasteiger partial charge in [0.25, 0.3) is 0 Å². The van der Waals surface area contributed by atoms with Gasteiger partial charge in [0.05, 0.1) is 17.4 Å². The van der Waals surface area contributed by atoms with Gasteiger partial charge >= 0.3 is 0 Å². The summed E-state index contributed by atoms with van der Waals surface area (Å²) in [5.41, 5.74) is 6.84. The van der Waals surface area contributed by atoms with Crippen LogP contribution in [0.3, 0.4) is 0 Å². The predicted octanol–water partition coefficient (Wildman–Crippen LogP) is 0.545. The summed E-state index contributed by atoms with van der Waals surface area (Å²) in [6, 6.07) is 3.21. The third-order valence-electron chi connectivity index (χ3n) is 2.29. The number of H-pyrrole nitrogens is 1. The van der Waals surface area contributed by atoms with Crippen LogP contribution in [0.25, 0.3) is 0 Å². The lowest BCUT2D eigenvalue weighted by Crippen LogP contribution is -2.22. The Labute approximate surface area is 98.9 Å². The van der Waals surface area contributed by atoms with Gasteiger partial charge in [0.2, 0.25) is 10.0 Å². The molecule has 6 nitrogen and oxygen atoms in total. The predicted molar refractivity (Wildman–Crippen MR) is 61.4 cm³/mol. The van der Waals surface area contributed by atoms with E-state index < -0.39 is 10.0 Å². The highest BCUT2D eigenvalue weighted by Gasteiger charge is 2.15. The van der Waals surface area contributed by atoms with Gasteiger partial charge in [0.15, 0.2) is 0 Å². The van der Waals surface area contributed by atoms with Gasteiger partial charge in [-0.25, -0.2) is 13.1 Å². The summed E-state index contributed by atoms with van der Waals surface area (Å²) < 4.78 is 31.0. The zero-order valence-electron chi connectivity index (χ0n) is 9.01. The molecule has 0 aliphatic carbocycles. The maximum absolute atomic E-state index is 11.9. The van der Waals surface area contributed by atoms with Gasteiger partial charge in [-0.15, -0.1) is 0 Å². The summed E-state index contributed by atoms with van der Waals surface area (Å²) in [4.78, 5) is 2.97. The Morgan fingerprint density at radius 3 is 2.88 bits per heavy atom. The van der Waals surface area contributed by atoms with Crippen molar-refractivity contribution in [2.24, 2.45) is 5.73 Å². The van der Waals surface area contributed by atoms with Crippen molar-refractivity contribution in [3.8, 4) is 0 Å². The maximum atomic E-state index is 11.9. The van der Waals surface area contributed by atoms with Gasteiger partial charge in [0, 0.05) is 30.5 Å². The molecule has 0 bridgehead atoms. The van der Waals surface area contributed by atoms with Crippen LogP contribution in [-0.4, -0.2) is 13.4 Å². The van der Waals surface area contributed by atoms with Crippen molar-refractivity contribution in [2.75, 3.05) is 0 Å². The van der Waals surface area contributed by atoms with Gasteiger partial charge < -0.3 is 15.1 Å². The van der Waals surface area contributed by atoms with Gasteiger partial charge in [0.1, 0.15) is 0 Å². The number of nitrogens with two attached hydrogens (primary N) is 1. The monoisotopic (exact) mass is 255 g/mol. The van der Waals surface area contributed by atoms with E-state index in [0.29, 0.717) is 5.69 Å². The molecule has 0 aliphatic heterocycles. The van der Waals surface area contributed by atoms with Crippen LogP contribution in [0.2, 0.25) is 0 Å². The molecule has 0 aromatic carbocycles. The first-order chi connectivity index (χ1) is 8.12. The molecule has 0 saturated heterocycles. The highest BCUT2D eigenvalue weighted by atomic mass is 32.2. The molecular weight excluding hydrogens is 242 g/mol. The summed E-state index contributed by atoms with van der Waals surface area (Å²) in [5, 5.41) is 0. The third-order valence-corrected chi connectivity index (χ3v) is 3.67. The first-order valence-electron chi connectivity index (χ1n) is 5.00. The van der Waals surface area contributed by atoms with Gasteiger partial charge in [-0.05, 0) is 12.1 Å². The topological polar surface area (TPSA) is 101 Å². The average molecular weight is 255 g/mol. The lowest BCUT2D eigenvalue weighted by molar-refractivity contribution is 0.561. The fraction of sp³-hybridized carbons (Fsp3) is 0.200. The number of hydrogen-bond acceptors (Lipinski definition) is 4. The average Bonchev–Trinajstić information content (AvgIpc) is 2.98. The number of aromatic nitrogens is 1. The van der Waals surface area contributed by atoms with Gasteiger partial charge in [-0.1, -0.05) is 0 Å². The lowest BCUT2D eigenvalue weighted by Gasteiger charge is -2.02. The van der Waals surface area contributed by atoms with Crippen molar-refractivity contribution >= 4 is 10.0 Å². The third kappa shape index (κ3) is 2.76. The minimum absolute atomic E-state index is 0.182. The highest BCUT2D eigenvalue weighted by molar-refractivity contribution is 7.89. The minimum Gasteiger partial charge on any atom is -0.472 e. The van der Waals surface area contributed by atoms with E-state index in [4.69, 9.17) is 10.2 Å². The smallest absolute Gasteiger partial charge is 0.242 e. The lowest BCUT2D eigenvalue weighted by atomic mass is 10.4. The Bertz CT molecular complexity index is 572. The van der Waals surface area contributed by atoms with Gasteiger partial charge in [-0.2, -0.15) is 0 Å². The van der Waals surface area contributed by atoms with Crippen LogP contribution in [0.4, 0.5) is 0 Å². The molecule has 0 spiro atoms. The molecule has 0 unspecified atom stereocenters. The summed E-state index contributed by atoms with van der Waals surface area (Å²) in [6.07, 6.45) is 4.40.